The van der Waals surface area contributed by atoms with Gasteiger partial charge in [0.25, 0.3) is 0 Å². The van der Waals surface area contributed by atoms with E-state index in [0.29, 0.717) is 17.0 Å². The summed E-state index contributed by atoms with van der Waals surface area (Å²) in [6, 6.07) is 3.49. The van der Waals surface area contributed by atoms with E-state index >= 15 is 0 Å². The van der Waals surface area contributed by atoms with Crippen LogP contribution in [0.25, 0.3) is 0 Å². The van der Waals surface area contributed by atoms with E-state index in [9.17, 15) is 5.11 Å². The Morgan fingerprint density at radius 1 is 1.31 bits per heavy atom. The molecule has 0 saturated carbocycles. The zero-order valence-corrected chi connectivity index (χ0v) is 8.74. The largest absolute Gasteiger partial charge is 0.495 e. The summed E-state index contributed by atoms with van der Waals surface area (Å²) in [5.41, 5.74) is 1.04. The van der Waals surface area contributed by atoms with Crippen LogP contribution in [-0.4, -0.2) is 27.2 Å². The van der Waals surface area contributed by atoms with Crippen molar-refractivity contribution in [3.63, 3.8) is 0 Å². The van der Waals surface area contributed by atoms with Crippen molar-refractivity contribution in [3.8, 4) is 5.75 Å². The average molecular weight is 217 g/mol. The van der Waals surface area contributed by atoms with Crippen LogP contribution < -0.4 is 4.74 Å². The zero-order valence-electron chi connectivity index (χ0n) is 8.74. The van der Waals surface area contributed by atoms with Gasteiger partial charge >= 0.3 is 0 Å². The summed E-state index contributed by atoms with van der Waals surface area (Å²) >= 11 is 0. The molecule has 1 unspecified atom stereocenters. The monoisotopic (exact) mass is 217 g/mol. The highest BCUT2D eigenvalue weighted by molar-refractivity contribution is 5.33. The van der Waals surface area contributed by atoms with E-state index in [1.165, 1.54) is 13.4 Å². The smallest absolute Gasteiger partial charge is 0.143 e. The van der Waals surface area contributed by atoms with E-state index in [2.05, 4.69) is 15.0 Å². The third kappa shape index (κ3) is 1.99. The highest BCUT2D eigenvalue weighted by Crippen LogP contribution is 2.26. The number of hydrogen-bond acceptors (Lipinski definition) is 5. The average Bonchev–Trinajstić information content (AvgIpc) is 2.39. The first kappa shape index (κ1) is 10.5. The van der Waals surface area contributed by atoms with Crippen LogP contribution in [0.1, 0.15) is 17.4 Å². The van der Waals surface area contributed by atoms with Crippen LogP contribution >= 0.6 is 0 Å². The van der Waals surface area contributed by atoms with Crippen LogP contribution in [0.5, 0.6) is 5.75 Å². The second-order valence-corrected chi connectivity index (χ2v) is 3.17. The highest BCUT2D eigenvalue weighted by Gasteiger charge is 2.16. The Hall–Kier alpha value is -2.01. The highest BCUT2D eigenvalue weighted by atomic mass is 16.5. The van der Waals surface area contributed by atoms with E-state index in [1.54, 1.807) is 30.7 Å². The second-order valence-electron chi connectivity index (χ2n) is 3.17. The van der Waals surface area contributed by atoms with E-state index < -0.39 is 6.10 Å². The van der Waals surface area contributed by atoms with Gasteiger partial charge in [0.1, 0.15) is 23.9 Å². The summed E-state index contributed by atoms with van der Waals surface area (Å²) in [5, 5.41) is 10.1. The summed E-state index contributed by atoms with van der Waals surface area (Å²) in [7, 11) is 1.54. The van der Waals surface area contributed by atoms with Gasteiger partial charge in [0.15, 0.2) is 0 Å². The molecule has 0 radical (unpaired) electrons. The van der Waals surface area contributed by atoms with Crippen LogP contribution in [-0.2, 0) is 0 Å². The van der Waals surface area contributed by atoms with Crippen molar-refractivity contribution in [3.05, 3.63) is 48.3 Å². The number of aromatic nitrogens is 3. The quantitative estimate of drug-likeness (QED) is 0.829. The summed E-state index contributed by atoms with van der Waals surface area (Å²) in [6.07, 6.45) is 5.23. The molecule has 0 aliphatic carbocycles. The number of aliphatic hydroxyl groups excluding tert-OH is 1. The molecule has 2 aromatic rings. The molecule has 16 heavy (non-hydrogen) atoms. The molecule has 0 aliphatic heterocycles. The third-order valence-corrected chi connectivity index (χ3v) is 2.17. The van der Waals surface area contributed by atoms with Gasteiger partial charge in [-0.1, -0.05) is 0 Å². The lowest BCUT2D eigenvalue weighted by molar-refractivity contribution is 0.208. The molecule has 0 bridgehead atoms. The van der Waals surface area contributed by atoms with E-state index in [0.717, 1.165) is 0 Å². The van der Waals surface area contributed by atoms with Gasteiger partial charge in [-0.15, -0.1) is 0 Å². The summed E-state index contributed by atoms with van der Waals surface area (Å²) in [5.74, 6) is 0.541. The van der Waals surface area contributed by atoms with Gasteiger partial charge in [0.2, 0.25) is 0 Å². The Labute approximate surface area is 92.8 Å². The molecule has 82 valence electrons. The molecule has 1 atom stereocenters. The maximum absolute atomic E-state index is 10.1. The standard InChI is InChI=1S/C11H11N3O2/c1-16-9-3-2-4-14-10(9)11(15)8-5-12-7-13-6-8/h2-7,11,15H,1H3. The lowest BCUT2D eigenvalue weighted by Crippen LogP contribution is -2.05. The summed E-state index contributed by atoms with van der Waals surface area (Å²) in [4.78, 5) is 11.8. The lowest BCUT2D eigenvalue weighted by atomic mass is 10.1. The SMILES string of the molecule is COc1cccnc1C(O)c1cncnc1. The number of pyridine rings is 1. The molecule has 0 fully saturated rings. The van der Waals surface area contributed by atoms with E-state index in [4.69, 9.17) is 4.74 Å². The fourth-order valence-corrected chi connectivity index (χ4v) is 1.39. The minimum atomic E-state index is -0.877. The topological polar surface area (TPSA) is 68.1 Å². The van der Waals surface area contributed by atoms with Crippen LogP contribution in [0.4, 0.5) is 0 Å². The third-order valence-electron chi connectivity index (χ3n) is 2.17. The maximum Gasteiger partial charge on any atom is 0.143 e. The van der Waals surface area contributed by atoms with Gasteiger partial charge in [-0.05, 0) is 12.1 Å². The van der Waals surface area contributed by atoms with Gasteiger partial charge in [0.05, 0.1) is 7.11 Å². The molecular weight excluding hydrogens is 206 g/mol. The Morgan fingerprint density at radius 2 is 2.06 bits per heavy atom. The second kappa shape index (κ2) is 4.67. The van der Waals surface area contributed by atoms with Crippen molar-refractivity contribution in [2.75, 3.05) is 7.11 Å². The Balaban J connectivity index is 2.37. The lowest BCUT2D eigenvalue weighted by Gasteiger charge is -2.12. The van der Waals surface area contributed by atoms with Crippen molar-refractivity contribution in [2.45, 2.75) is 6.10 Å². The number of methoxy groups -OCH3 is 1. The molecule has 0 aliphatic rings. The van der Waals surface area contributed by atoms with Gasteiger partial charge in [-0.2, -0.15) is 0 Å². The van der Waals surface area contributed by atoms with Gasteiger partial charge in [-0.3, -0.25) is 4.98 Å². The van der Waals surface area contributed by atoms with Crippen molar-refractivity contribution in [2.24, 2.45) is 0 Å². The van der Waals surface area contributed by atoms with Crippen molar-refractivity contribution >= 4 is 0 Å². The summed E-state index contributed by atoms with van der Waals surface area (Å²) in [6.45, 7) is 0. The van der Waals surface area contributed by atoms with Crippen LogP contribution in [0, 0.1) is 0 Å². The molecule has 0 saturated heterocycles. The Kier molecular flexibility index (Phi) is 3.07. The van der Waals surface area contributed by atoms with Crippen LogP contribution in [0.3, 0.4) is 0 Å². The van der Waals surface area contributed by atoms with Crippen LogP contribution in [0.2, 0.25) is 0 Å². The number of nitrogens with zero attached hydrogens (tertiary/aromatic N) is 3. The van der Waals surface area contributed by atoms with Gasteiger partial charge in [0, 0.05) is 24.2 Å². The fraction of sp³-hybridized carbons (Fsp3) is 0.182. The van der Waals surface area contributed by atoms with E-state index in [1.807, 2.05) is 0 Å². The van der Waals surface area contributed by atoms with Crippen molar-refractivity contribution in [1.29, 1.82) is 0 Å². The van der Waals surface area contributed by atoms with Gasteiger partial charge < -0.3 is 9.84 Å². The molecule has 0 amide bonds. The zero-order chi connectivity index (χ0) is 11.4. The minimum Gasteiger partial charge on any atom is -0.495 e. The normalized spacial score (nSPS) is 12.1. The first-order valence-electron chi connectivity index (χ1n) is 4.75. The first-order chi connectivity index (χ1) is 7.83. The predicted octanol–water partition coefficient (Wildman–Crippen LogP) is 0.962. The molecule has 2 aromatic heterocycles. The van der Waals surface area contributed by atoms with E-state index in [-0.39, 0.29) is 0 Å². The number of rotatable bonds is 3. The number of hydrogen-bond donors (Lipinski definition) is 1. The van der Waals surface area contributed by atoms with Gasteiger partial charge in [-0.25, -0.2) is 9.97 Å². The molecular formula is C11H11N3O2. The molecule has 5 heteroatoms. The molecule has 0 spiro atoms. The van der Waals surface area contributed by atoms with Crippen LogP contribution in [0.15, 0.2) is 37.1 Å². The Bertz CT molecular complexity index is 462. The first-order valence-corrected chi connectivity index (χ1v) is 4.75. The fourth-order valence-electron chi connectivity index (χ4n) is 1.39. The molecule has 2 heterocycles. The Morgan fingerprint density at radius 3 is 2.75 bits per heavy atom. The number of ether oxygens (including phenoxy) is 1. The van der Waals surface area contributed by atoms with Crippen molar-refractivity contribution < 1.29 is 9.84 Å². The predicted molar refractivity (Wildman–Crippen MR) is 56.9 cm³/mol. The van der Waals surface area contributed by atoms with Crippen molar-refractivity contribution in [1.82, 2.24) is 15.0 Å². The molecule has 0 aromatic carbocycles. The minimum absolute atomic E-state index is 0.458. The molecule has 5 nitrogen and oxygen atoms in total. The molecule has 2 rings (SSSR count). The summed E-state index contributed by atoms with van der Waals surface area (Å²) < 4.78 is 5.12. The maximum atomic E-state index is 10.1. The number of aliphatic hydroxyl groups is 1. The molecule has 1 N–H and O–H groups in total.